The van der Waals surface area contributed by atoms with Crippen molar-refractivity contribution >= 4 is 17.5 Å². The Kier molecular flexibility index (Phi) is 5.77. The summed E-state index contributed by atoms with van der Waals surface area (Å²) in [5, 5.41) is 0. The van der Waals surface area contributed by atoms with E-state index < -0.39 is 0 Å². The highest BCUT2D eigenvalue weighted by molar-refractivity contribution is 6.07. The molecular weight excluding hydrogens is 232 g/mol. The Morgan fingerprint density at radius 2 is 1.78 bits per heavy atom. The molecule has 96 valence electrons. The Morgan fingerprint density at radius 1 is 1.11 bits per heavy atom. The Bertz CT molecular complexity index is 423. The lowest BCUT2D eigenvalue weighted by Gasteiger charge is -2.02. The van der Waals surface area contributed by atoms with Crippen molar-refractivity contribution in [3.05, 3.63) is 35.9 Å². The first-order valence-electron chi connectivity index (χ1n) is 5.83. The van der Waals surface area contributed by atoms with Crippen LogP contribution in [0, 0.1) is 0 Å². The fourth-order valence-electron chi connectivity index (χ4n) is 1.48. The molecule has 0 aliphatic rings. The fourth-order valence-corrected chi connectivity index (χ4v) is 1.48. The van der Waals surface area contributed by atoms with E-state index in [0.29, 0.717) is 12.0 Å². The lowest BCUT2D eigenvalue weighted by molar-refractivity contribution is -0.141. The summed E-state index contributed by atoms with van der Waals surface area (Å²) in [7, 11) is 0. The predicted octanol–water partition coefficient (Wildman–Crippen LogP) is 2.17. The van der Waals surface area contributed by atoms with Gasteiger partial charge in [0.15, 0.2) is 5.78 Å². The molecule has 0 aliphatic heterocycles. The number of ketones is 2. The summed E-state index contributed by atoms with van der Waals surface area (Å²) in [5.74, 6) is -0.660. The summed E-state index contributed by atoms with van der Waals surface area (Å²) in [4.78, 5) is 33.7. The number of benzene rings is 1. The van der Waals surface area contributed by atoms with Gasteiger partial charge in [0, 0.05) is 18.9 Å². The third-order valence-corrected chi connectivity index (χ3v) is 2.36. The van der Waals surface area contributed by atoms with E-state index in [4.69, 9.17) is 4.74 Å². The van der Waals surface area contributed by atoms with Crippen LogP contribution in [0.4, 0.5) is 0 Å². The molecule has 0 spiro atoms. The fraction of sp³-hybridized carbons (Fsp3) is 0.357. The SMILES string of the molecule is CC(=O)OCCCC(=O)CC(=O)c1ccccc1. The Morgan fingerprint density at radius 3 is 2.39 bits per heavy atom. The third-order valence-electron chi connectivity index (χ3n) is 2.36. The van der Waals surface area contributed by atoms with Gasteiger partial charge < -0.3 is 4.74 Å². The smallest absolute Gasteiger partial charge is 0.302 e. The number of rotatable bonds is 7. The van der Waals surface area contributed by atoms with E-state index >= 15 is 0 Å². The molecule has 0 fully saturated rings. The number of carbonyl (C=O) groups excluding carboxylic acids is 3. The first-order chi connectivity index (χ1) is 8.59. The molecule has 0 atom stereocenters. The van der Waals surface area contributed by atoms with Gasteiger partial charge in [-0.15, -0.1) is 0 Å². The zero-order chi connectivity index (χ0) is 13.4. The van der Waals surface area contributed by atoms with E-state index in [1.807, 2.05) is 6.07 Å². The van der Waals surface area contributed by atoms with E-state index in [1.165, 1.54) is 6.92 Å². The highest BCUT2D eigenvalue weighted by atomic mass is 16.5. The van der Waals surface area contributed by atoms with Crippen molar-refractivity contribution in [1.82, 2.24) is 0 Å². The second-order valence-electron chi connectivity index (χ2n) is 3.95. The molecule has 0 saturated heterocycles. The standard InChI is InChI=1S/C14H16O4/c1-11(15)18-9-5-8-13(16)10-14(17)12-6-3-2-4-7-12/h2-4,6-7H,5,8-10H2,1H3. The van der Waals surface area contributed by atoms with E-state index in [2.05, 4.69) is 0 Å². The van der Waals surface area contributed by atoms with Gasteiger partial charge in [-0.05, 0) is 6.42 Å². The van der Waals surface area contributed by atoms with E-state index in [-0.39, 0.29) is 37.0 Å². The lowest BCUT2D eigenvalue weighted by atomic mass is 10.0. The van der Waals surface area contributed by atoms with Crippen molar-refractivity contribution < 1.29 is 19.1 Å². The van der Waals surface area contributed by atoms with E-state index in [1.54, 1.807) is 24.3 Å². The molecule has 0 saturated carbocycles. The van der Waals surface area contributed by atoms with Crippen molar-refractivity contribution in [3.8, 4) is 0 Å². The number of Topliss-reactive ketones (excluding diaryl/α,β-unsaturated/α-hetero) is 2. The minimum Gasteiger partial charge on any atom is -0.466 e. The van der Waals surface area contributed by atoms with Gasteiger partial charge >= 0.3 is 5.97 Å². The molecule has 1 aromatic rings. The van der Waals surface area contributed by atoms with Crippen LogP contribution in [-0.2, 0) is 14.3 Å². The normalized spacial score (nSPS) is 9.83. The Hall–Kier alpha value is -1.97. The van der Waals surface area contributed by atoms with E-state index in [9.17, 15) is 14.4 Å². The zero-order valence-electron chi connectivity index (χ0n) is 10.3. The van der Waals surface area contributed by atoms with Gasteiger partial charge in [-0.1, -0.05) is 30.3 Å². The molecule has 0 unspecified atom stereocenters. The van der Waals surface area contributed by atoms with Gasteiger partial charge in [0.2, 0.25) is 0 Å². The zero-order valence-corrected chi connectivity index (χ0v) is 10.3. The van der Waals surface area contributed by atoms with Gasteiger partial charge in [-0.2, -0.15) is 0 Å². The van der Waals surface area contributed by atoms with Gasteiger partial charge in [0.25, 0.3) is 0 Å². The Balaban J connectivity index is 2.28. The molecule has 0 heterocycles. The number of ether oxygens (including phenoxy) is 1. The maximum absolute atomic E-state index is 11.7. The monoisotopic (exact) mass is 248 g/mol. The van der Waals surface area contributed by atoms with Crippen molar-refractivity contribution in [2.75, 3.05) is 6.61 Å². The van der Waals surface area contributed by atoms with Crippen LogP contribution < -0.4 is 0 Å². The van der Waals surface area contributed by atoms with Gasteiger partial charge in [0.1, 0.15) is 5.78 Å². The molecule has 0 N–H and O–H groups in total. The van der Waals surface area contributed by atoms with Crippen LogP contribution >= 0.6 is 0 Å². The average Bonchev–Trinajstić information content (AvgIpc) is 2.35. The molecular formula is C14H16O4. The molecule has 18 heavy (non-hydrogen) atoms. The molecule has 4 nitrogen and oxygen atoms in total. The van der Waals surface area contributed by atoms with E-state index in [0.717, 1.165) is 0 Å². The first kappa shape index (κ1) is 14.1. The molecule has 0 radical (unpaired) electrons. The number of hydrogen-bond donors (Lipinski definition) is 0. The summed E-state index contributed by atoms with van der Waals surface area (Å²) in [6.45, 7) is 1.54. The molecule has 4 heteroatoms. The van der Waals surface area contributed by atoms with Crippen LogP contribution in [0.3, 0.4) is 0 Å². The van der Waals surface area contributed by atoms with Crippen molar-refractivity contribution in [2.24, 2.45) is 0 Å². The highest BCUT2D eigenvalue weighted by Crippen LogP contribution is 2.05. The maximum atomic E-state index is 11.7. The number of hydrogen-bond acceptors (Lipinski definition) is 4. The third kappa shape index (κ3) is 5.39. The van der Waals surface area contributed by atoms with Gasteiger partial charge in [-0.3, -0.25) is 14.4 Å². The van der Waals surface area contributed by atoms with Crippen LogP contribution in [-0.4, -0.2) is 24.1 Å². The number of esters is 1. The summed E-state index contributed by atoms with van der Waals surface area (Å²) in [5.41, 5.74) is 0.547. The molecule has 0 amide bonds. The van der Waals surface area contributed by atoms with Gasteiger partial charge in [0.05, 0.1) is 13.0 Å². The van der Waals surface area contributed by atoms with Crippen molar-refractivity contribution in [2.45, 2.75) is 26.2 Å². The quantitative estimate of drug-likeness (QED) is 0.321. The minimum atomic E-state index is -0.359. The van der Waals surface area contributed by atoms with Crippen molar-refractivity contribution in [1.29, 1.82) is 0 Å². The minimum absolute atomic E-state index is 0.0932. The van der Waals surface area contributed by atoms with Crippen LogP contribution in [0.25, 0.3) is 0 Å². The summed E-state index contributed by atoms with van der Waals surface area (Å²) < 4.78 is 4.71. The van der Waals surface area contributed by atoms with Crippen molar-refractivity contribution in [3.63, 3.8) is 0 Å². The second kappa shape index (κ2) is 7.37. The van der Waals surface area contributed by atoms with Gasteiger partial charge in [-0.25, -0.2) is 0 Å². The van der Waals surface area contributed by atoms with Crippen LogP contribution in [0.15, 0.2) is 30.3 Å². The molecule has 1 rings (SSSR count). The lowest BCUT2D eigenvalue weighted by Crippen LogP contribution is -2.09. The molecule has 1 aromatic carbocycles. The summed E-state index contributed by atoms with van der Waals surface area (Å²) in [6, 6.07) is 8.72. The second-order valence-corrected chi connectivity index (χ2v) is 3.95. The molecule has 0 aromatic heterocycles. The maximum Gasteiger partial charge on any atom is 0.302 e. The molecule has 0 aliphatic carbocycles. The highest BCUT2D eigenvalue weighted by Gasteiger charge is 2.11. The first-order valence-corrected chi connectivity index (χ1v) is 5.83. The average molecular weight is 248 g/mol. The number of carbonyl (C=O) groups is 3. The molecule has 0 bridgehead atoms. The summed E-state index contributed by atoms with van der Waals surface area (Å²) >= 11 is 0. The van der Waals surface area contributed by atoms with Crippen LogP contribution in [0.2, 0.25) is 0 Å². The summed E-state index contributed by atoms with van der Waals surface area (Å²) in [6.07, 6.45) is 0.621. The van der Waals surface area contributed by atoms with Crippen LogP contribution in [0.1, 0.15) is 36.5 Å². The topological polar surface area (TPSA) is 60.4 Å². The predicted molar refractivity (Wildman–Crippen MR) is 66.3 cm³/mol. The largest absolute Gasteiger partial charge is 0.466 e. The van der Waals surface area contributed by atoms with Crippen LogP contribution in [0.5, 0.6) is 0 Å². The Labute approximate surface area is 106 Å².